The third-order valence-electron chi connectivity index (χ3n) is 3.82. The van der Waals surface area contributed by atoms with E-state index in [1.54, 1.807) is 36.4 Å². The smallest absolute Gasteiger partial charge is 0.264 e. The molecule has 0 aliphatic carbocycles. The highest BCUT2D eigenvalue weighted by Gasteiger charge is 2.24. The number of rotatable bonds is 5. The van der Waals surface area contributed by atoms with Crippen molar-refractivity contribution in [2.75, 3.05) is 13.7 Å². The van der Waals surface area contributed by atoms with Crippen molar-refractivity contribution in [3.05, 3.63) is 57.5 Å². The van der Waals surface area contributed by atoms with Gasteiger partial charge in [0.05, 0.1) is 17.7 Å². The molecule has 1 saturated heterocycles. The highest BCUT2D eigenvalue weighted by Crippen LogP contribution is 2.33. The molecule has 0 radical (unpaired) electrons. The normalized spacial score (nSPS) is 16.1. The van der Waals surface area contributed by atoms with Crippen LogP contribution in [0.3, 0.4) is 0 Å². The number of nitriles is 1. The van der Waals surface area contributed by atoms with Crippen LogP contribution in [0.5, 0.6) is 11.5 Å². The van der Waals surface area contributed by atoms with Gasteiger partial charge in [0.15, 0.2) is 23.3 Å². The number of benzene rings is 2. The summed E-state index contributed by atoms with van der Waals surface area (Å²) in [4.78, 5) is 17.3. The van der Waals surface area contributed by atoms with Gasteiger partial charge in [0, 0.05) is 5.02 Å². The van der Waals surface area contributed by atoms with Crippen LogP contribution in [0.2, 0.25) is 5.02 Å². The lowest BCUT2D eigenvalue weighted by Crippen LogP contribution is -2.19. The summed E-state index contributed by atoms with van der Waals surface area (Å²) in [5, 5.41) is 12.5. The summed E-state index contributed by atoms with van der Waals surface area (Å²) in [6, 6.07) is 12.6. The number of aliphatic imine (C=N–C) groups is 1. The van der Waals surface area contributed by atoms with Gasteiger partial charge in [-0.2, -0.15) is 5.26 Å². The summed E-state index contributed by atoms with van der Waals surface area (Å²) in [7, 11) is 1.51. The quantitative estimate of drug-likeness (QED) is 0.732. The number of nitrogens with zero attached hydrogens (tertiary/aromatic N) is 2. The van der Waals surface area contributed by atoms with Crippen LogP contribution in [0.1, 0.15) is 11.1 Å². The fourth-order valence-corrected chi connectivity index (χ4v) is 3.45. The Morgan fingerprint density at radius 2 is 2.11 bits per heavy atom. The first-order chi connectivity index (χ1) is 13.5. The minimum atomic E-state index is -0.229. The van der Waals surface area contributed by atoms with E-state index < -0.39 is 0 Å². The predicted octanol–water partition coefficient (Wildman–Crippen LogP) is 4.45. The number of ether oxygens (including phenoxy) is 2. The van der Waals surface area contributed by atoms with Gasteiger partial charge in [0.2, 0.25) is 0 Å². The molecule has 1 amide bonds. The minimum Gasteiger partial charge on any atom is -0.493 e. The van der Waals surface area contributed by atoms with Crippen LogP contribution in [0.25, 0.3) is 6.08 Å². The highest BCUT2D eigenvalue weighted by atomic mass is 35.5. The van der Waals surface area contributed by atoms with Gasteiger partial charge in [-0.3, -0.25) is 4.79 Å². The lowest BCUT2D eigenvalue weighted by Gasteiger charge is -2.08. The van der Waals surface area contributed by atoms with Crippen LogP contribution < -0.4 is 14.8 Å². The van der Waals surface area contributed by atoms with Crippen LogP contribution in [0.15, 0.2) is 46.3 Å². The van der Waals surface area contributed by atoms with Crippen molar-refractivity contribution in [2.45, 2.75) is 6.92 Å². The molecule has 3 rings (SSSR count). The first-order valence-electron chi connectivity index (χ1n) is 8.23. The van der Waals surface area contributed by atoms with Gasteiger partial charge in [-0.25, -0.2) is 4.99 Å². The van der Waals surface area contributed by atoms with Crippen molar-refractivity contribution in [3.63, 3.8) is 0 Å². The third kappa shape index (κ3) is 4.66. The van der Waals surface area contributed by atoms with Crippen LogP contribution in [0.4, 0.5) is 5.69 Å². The Kier molecular flexibility index (Phi) is 6.24. The molecule has 0 bridgehead atoms. The first kappa shape index (κ1) is 19.8. The molecule has 0 aromatic heterocycles. The lowest BCUT2D eigenvalue weighted by atomic mass is 10.2. The van der Waals surface area contributed by atoms with Crippen molar-refractivity contribution in [1.82, 2.24) is 5.32 Å². The number of methoxy groups -OCH3 is 1. The number of thioether (sulfide) groups is 1. The largest absolute Gasteiger partial charge is 0.493 e. The average molecular weight is 414 g/mol. The van der Waals surface area contributed by atoms with E-state index in [4.69, 9.17) is 26.3 Å². The molecule has 28 heavy (non-hydrogen) atoms. The van der Waals surface area contributed by atoms with Crippen molar-refractivity contribution in [3.8, 4) is 17.6 Å². The second-order valence-corrected chi connectivity index (χ2v) is 7.24. The number of carbonyl (C=O) groups is 1. The van der Waals surface area contributed by atoms with Gasteiger partial charge in [0.1, 0.15) is 6.07 Å². The van der Waals surface area contributed by atoms with Gasteiger partial charge in [-0.15, -0.1) is 0 Å². The van der Waals surface area contributed by atoms with E-state index in [1.165, 1.54) is 18.9 Å². The Morgan fingerprint density at radius 3 is 2.86 bits per heavy atom. The van der Waals surface area contributed by atoms with Crippen molar-refractivity contribution in [1.29, 1.82) is 5.26 Å². The maximum atomic E-state index is 12.3. The van der Waals surface area contributed by atoms with Crippen LogP contribution in [-0.4, -0.2) is 24.8 Å². The second-order valence-electron chi connectivity index (χ2n) is 5.77. The minimum absolute atomic E-state index is 0.0716. The molecular weight excluding hydrogens is 398 g/mol. The fraction of sp³-hybridized carbons (Fsp3) is 0.150. The zero-order valence-electron chi connectivity index (χ0n) is 15.2. The molecule has 1 N–H and O–H groups in total. The molecule has 0 spiro atoms. The van der Waals surface area contributed by atoms with E-state index in [1.807, 2.05) is 19.1 Å². The van der Waals surface area contributed by atoms with E-state index in [-0.39, 0.29) is 12.5 Å². The molecule has 1 heterocycles. The number of carbonyl (C=O) groups excluding carboxylic acids is 1. The third-order valence-corrected chi connectivity index (χ3v) is 4.97. The average Bonchev–Trinajstić information content (AvgIpc) is 3.02. The van der Waals surface area contributed by atoms with Crippen LogP contribution in [0, 0.1) is 18.3 Å². The molecule has 1 fully saturated rings. The molecule has 2 aromatic carbocycles. The maximum Gasteiger partial charge on any atom is 0.264 e. The molecule has 1 aliphatic rings. The Hall–Kier alpha value is -2.95. The highest BCUT2D eigenvalue weighted by molar-refractivity contribution is 8.18. The molecule has 142 valence electrons. The standard InChI is InChI=1S/C20H16ClN3O3S/c1-12-3-5-14(21)11-15(12)23-20-24-19(25)18(28-20)10-13-4-6-16(27-8-7-22)17(9-13)26-2/h3-6,9-11H,8H2,1-2H3,(H,23,24,25)/b18-10-. The molecule has 0 atom stereocenters. The molecule has 2 aromatic rings. The molecule has 0 saturated carbocycles. The van der Waals surface area contributed by atoms with Crippen LogP contribution >= 0.6 is 23.4 Å². The monoisotopic (exact) mass is 413 g/mol. The fourth-order valence-electron chi connectivity index (χ4n) is 2.45. The van der Waals surface area contributed by atoms with E-state index >= 15 is 0 Å². The molecule has 6 nitrogen and oxygen atoms in total. The number of halogens is 1. The molecule has 0 unspecified atom stereocenters. The summed E-state index contributed by atoms with van der Waals surface area (Å²) in [5.74, 6) is 0.720. The number of hydrogen-bond donors (Lipinski definition) is 1. The molecule has 8 heteroatoms. The second kappa shape index (κ2) is 8.83. The summed E-state index contributed by atoms with van der Waals surface area (Å²) in [6.07, 6.45) is 1.74. The summed E-state index contributed by atoms with van der Waals surface area (Å²) < 4.78 is 10.6. The van der Waals surface area contributed by atoms with Crippen molar-refractivity contribution >= 4 is 46.2 Å². The number of hydrogen-bond acceptors (Lipinski definition) is 6. The van der Waals surface area contributed by atoms with Gasteiger partial charge < -0.3 is 14.8 Å². The van der Waals surface area contributed by atoms with Gasteiger partial charge in [-0.1, -0.05) is 23.7 Å². The van der Waals surface area contributed by atoms with Crippen LogP contribution in [-0.2, 0) is 4.79 Å². The maximum absolute atomic E-state index is 12.3. The van der Waals surface area contributed by atoms with Gasteiger partial charge >= 0.3 is 0 Å². The van der Waals surface area contributed by atoms with Gasteiger partial charge in [0.25, 0.3) is 5.91 Å². The topological polar surface area (TPSA) is 83.7 Å². The Morgan fingerprint density at radius 1 is 1.29 bits per heavy atom. The van der Waals surface area contributed by atoms with Crippen molar-refractivity contribution < 1.29 is 14.3 Å². The van der Waals surface area contributed by atoms with Gasteiger partial charge in [-0.05, 0) is 60.2 Å². The van der Waals surface area contributed by atoms with Crippen molar-refractivity contribution in [2.24, 2.45) is 4.99 Å². The SMILES string of the molecule is COc1cc(/C=C2\SC(=Nc3cc(Cl)ccc3C)NC2=O)ccc1OCC#N. The molecular formula is C20H16ClN3O3S. The van der Waals surface area contributed by atoms with E-state index in [2.05, 4.69) is 10.3 Å². The Bertz CT molecular complexity index is 1030. The Balaban J connectivity index is 1.83. The summed E-state index contributed by atoms with van der Waals surface area (Å²) >= 11 is 7.27. The zero-order valence-corrected chi connectivity index (χ0v) is 16.7. The number of amidine groups is 1. The Labute approximate surface area is 171 Å². The zero-order chi connectivity index (χ0) is 20.1. The summed E-state index contributed by atoms with van der Waals surface area (Å²) in [5.41, 5.74) is 2.43. The first-order valence-corrected chi connectivity index (χ1v) is 9.43. The van der Waals surface area contributed by atoms with E-state index in [0.29, 0.717) is 32.3 Å². The predicted molar refractivity (Wildman–Crippen MR) is 111 cm³/mol. The number of nitrogens with one attached hydrogen (secondary N) is 1. The summed E-state index contributed by atoms with van der Waals surface area (Å²) in [6.45, 7) is 1.86. The molecule has 1 aliphatic heterocycles. The van der Waals surface area contributed by atoms with E-state index in [9.17, 15) is 4.79 Å². The number of aryl methyl sites for hydroxylation is 1. The number of amides is 1. The lowest BCUT2D eigenvalue weighted by molar-refractivity contribution is -0.115. The van der Waals surface area contributed by atoms with E-state index in [0.717, 1.165) is 11.1 Å².